The molecule has 320 valence electrons. The van der Waals surface area contributed by atoms with Gasteiger partial charge in [0.25, 0.3) is 46.5 Å². The summed E-state index contributed by atoms with van der Waals surface area (Å²) >= 11 is 0. The number of imidazole rings is 2. The van der Waals surface area contributed by atoms with Crippen LogP contribution in [0.3, 0.4) is 0 Å². The van der Waals surface area contributed by atoms with E-state index in [0.29, 0.717) is 6.54 Å². The highest BCUT2D eigenvalue weighted by Crippen LogP contribution is 2.63. The predicted molar refractivity (Wildman–Crippen MR) is 190 cm³/mol. The molecule has 27 nitrogen and oxygen atoms in total. The van der Waals surface area contributed by atoms with Crippen LogP contribution >= 0.6 is 23.5 Å². The van der Waals surface area contributed by atoms with Gasteiger partial charge in [-0.2, -0.15) is 0 Å². The number of phosphoric ester groups is 2. The maximum Gasteiger partial charge on any atom is 0.313 e. The number of phosphoric acid groups is 3. The molecule has 0 amide bonds. The third-order valence-electron chi connectivity index (χ3n) is 9.19. The van der Waals surface area contributed by atoms with Crippen LogP contribution in [-0.4, -0.2) is 94.9 Å². The first-order chi connectivity index (χ1) is 27.7. The molecule has 30 heteroatoms. The Labute approximate surface area is 330 Å². The van der Waals surface area contributed by atoms with E-state index < -0.39 is 84.7 Å². The van der Waals surface area contributed by atoms with Crippen LogP contribution < -0.4 is 46.4 Å². The molecular weight excluding hydrogens is 851 g/mol. The first-order valence-electron chi connectivity index (χ1n) is 17.3. The summed E-state index contributed by atoms with van der Waals surface area (Å²) in [5.74, 6) is -0.448. The highest BCUT2D eigenvalue weighted by molar-refractivity contribution is 7.65. The van der Waals surface area contributed by atoms with Crippen molar-refractivity contribution in [2.75, 3.05) is 37.8 Å². The molecule has 9 atom stereocenters. The number of anilines is 2. The Bertz CT molecular complexity index is 2640. The molecule has 2 aliphatic rings. The van der Waals surface area contributed by atoms with Crippen molar-refractivity contribution in [3.8, 4) is 0 Å². The summed E-state index contributed by atoms with van der Waals surface area (Å²) in [4.78, 5) is 77.7. The van der Waals surface area contributed by atoms with Gasteiger partial charge in [-0.25, -0.2) is 17.8 Å². The number of benzene rings is 1. The molecule has 7 rings (SSSR count). The molecule has 0 saturated carbocycles. The van der Waals surface area contributed by atoms with Gasteiger partial charge in [0.05, 0.1) is 40.0 Å². The number of hydrogen-bond acceptors (Lipinski definition) is 21. The van der Waals surface area contributed by atoms with Crippen LogP contribution in [0.15, 0.2) is 52.6 Å². The largest absolute Gasteiger partial charge is 0.756 e. The molecule has 2 aliphatic heterocycles. The summed E-state index contributed by atoms with van der Waals surface area (Å²) < 4.78 is 72.3. The summed E-state index contributed by atoms with van der Waals surface area (Å²) in [5.41, 5.74) is 11.4. The molecule has 5 aromatic rings. The number of nitrogens with zero attached hydrogens (tertiary/aromatic N) is 7. The molecule has 0 aliphatic carbocycles. The number of hydrogen-bond donors (Lipinski definition) is 6. The van der Waals surface area contributed by atoms with Gasteiger partial charge in [0, 0.05) is 13.1 Å². The Morgan fingerprint density at radius 2 is 1.36 bits per heavy atom. The SMILES string of the molecule is Cn1c[n+](C2CN(Cc3ccccc3)CC(COP(=O)([O-])OP(=O)([O-])OP(=O)([O-])OC[C@H]3O[C@@H]([n+]4cn(C)c5c(=O)[nH]c(N)nc54)[C@H](O)[C@@H]3O)O2)c2nc(N)[nH]c(=O)c21. The lowest BCUT2D eigenvalue weighted by Crippen LogP contribution is -2.55. The number of nitrogen functional groups attached to an aromatic ring is 2. The second-order valence-electron chi connectivity index (χ2n) is 13.5. The van der Waals surface area contributed by atoms with Gasteiger partial charge in [0.2, 0.25) is 17.3 Å². The van der Waals surface area contributed by atoms with E-state index in [-0.39, 0.29) is 47.3 Å². The first kappa shape index (κ1) is 42.8. The monoisotopic (exact) mass is 888 g/mol. The molecule has 1 aromatic carbocycles. The molecule has 6 heterocycles. The van der Waals surface area contributed by atoms with E-state index in [1.54, 1.807) is 7.05 Å². The predicted octanol–water partition coefficient (Wildman–Crippen LogP) is -4.23. The number of nitrogens with two attached hydrogens (primary N) is 2. The standard InChI is InChI=1S/C29H38N11O16P3/c1-36-13-39(23-19(36)25(43)34-28(30)32-23)18-10-38(8-15-6-4-3-5-7-15)9-16(53-18)11-51-57(45,46)55-59(49,50)56-58(47,48)52-12-17-21(41)22(42)27(54-17)40-14-37(2)20-24(40)33-29(31)35-26(20)44/h3-7,13-14,16-18,21-22,27,41-42H,8-12H2,1-2H3,(H7-2,30,31,32,33,34,35,43,44,45,46,47,48,49,50)/p-1/t16?,17-,18?,21-,22-,27-/m1/s1. The van der Waals surface area contributed by atoms with E-state index in [2.05, 4.69) is 33.1 Å². The van der Waals surface area contributed by atoms with Crippen molar-refractivity contribution in [1.82, 2.24) is 34.0 Å². The minimum atomic E-state index is -6.31. The highest BCUT2D eigenvalue weighted by atomic mass is 31.3. The molecular formula is C29H37N11O16P3-. The smallest absolute Gasteiger partial charge is 0.313 e. The van der Waals surface area contributed by atoms with Crippen molar-refractivity contribution in [2.45, 2.75) is 43.4 Å². The van der Waals surface area contributed by atoms with Crippen LogP contribution in [0.4, 0.5) is 11.9 Å². The van der Waals surface area contributed by atoms with Crippen LogP contribution in [0.1, 0.15) is 18.0 Å². The molecule has 59 heavy (non-hydrogen) atoms. The summed E-state index contributed by atoms with van der Waals surface area (Å²) in [7, 11) is -15.2. The lowest BCUT2D eigenvalue weighted by atomic mass is 10.1. The van der Waals surface area contributed by atoms with Gasteiger partial charge >= 0.3 is 11.3 Å². The molecule has 8 N–H and O–H groups in total. The molecule has 2 saturated heterocycles. The third kappa shape index (κ3) is 9.39. The average Bonchev–Trinajstić information content (AvgIpc) is 3.75. The van der Waals surface area contributed by atoms with Crippen LogP contribution in [-0.2, 0) is 61.5 Å². The van der Waals surface area contributed by atoms with Crippen molar-refractivity contribution < 1.29 is 74.9 Å². The Hall–Kier alpha value is -4.27. The summed E-state index contributed by atoms with van der Waals surface area (Å²) in [5, 5.41) is 21.3. The second kappa shape index (κ2) is 16.3. The lowest BCUT2D eigenvalue weighted by molar-refractivity contribution is -0.747. The number of aryl methyl sites for hydroxylation is 2. The fourth-order valence-electron chi connectivity index (χ4n) is 6.79. The van der Waals surface area contributed by atoms with E-state index >= 15 is 0 Å². The molecule has 0 radical (unpaired) electrons. The number of aliphatic hydroxyl groups is 2. The van der Waals surface area contributed by atoms with Crippen molar-refractivity contribution >= 4 is 57.7 Å². The van der Waals surface area contributed by atoms with Crippen LogP contribution in [0.2, 0.25) is 0 Å². The summed E-state index contributed by atoms with van der Waals surface area (Å²) in [6.45, 7) is -1.37. The zero-order valence-corrected chi connectivity index (χ0v) is 33.5. The molecule has 0 spiro atoms. The van der Waals surface area contributed by atoms with E-state index in [1.165, 1.54) is 33.4 Å². The Kier molecular flexibility index (Phi) is 11.8. The second-order valence-corrected chi connectivity index (χ2v) is 18.1. The van der Waals surface area contributed by atoms with Crippen LogP contribution in [0.25, 0.3) is 22.3 Å². The highest BCUT2D eigenvalue weighted by Gasteiger charge is 2.47. The van der Waals surface area contributed by atoms with Crippen molar-refractivity contribution in [2.24, 2.45) is 14.1 Å². The third-order valence-corrected chi connectivity index (χ3v) is 13.3. The lowest BCUT2D eigenvalue weighted by Gasteiger charge is -2.38. The number of aliphatic hydroxyl groups excluding tert-OH is 2. The van der Waals surface area contributed by atoms with E-state index in [4.69, 9.17) is 25.5 Å². The van der Waals surface area contributed by atoms with Gasteiger partial charge in [-0.3, -0.25) is 47.3 Å². The number of aromatic nitrogens is 8. The van der Waals surface area contributed by atoms with E-state index in [0.717, 1.165) is 10.1 Å². The first-order valence-corrected chi connectivity index (χ1v) is 21.7. The Morgan fingerprint density at radius 1 is 0.814 bits per heavy atom. The van der Waals surface area contributed by atoms with Crippen molar-refractivity contribution in [3.63, 3.8) is 0 Å². The maximum atomic E-state index is 12.7. The Morgan fingerprint density at radius 3 is 1.95 bits per heavy atom. The quantitative estimate of drug-likeness (QED) is 0.0454. The topological polar surface area (TPSA) is 381 Å². The Balaban J connectivity index is 0.987. The van der Waals surface area contributed by atoms with Gasteiger partial charge in [0.15, 0.2) is 18.9 Å². The van der Waals surface area contributed by atoms with Crippen LogP contribution in [0.5, 0.6) is 0 Å². The fourth-order valence-corrected chi connectivity index (χ4v) is 10.2. The molecule has 0 bridgehead atoms. The summed E-state index contributed by atoms with van der Waals surface area (Å²) in [6, 6.07) is 9.20. The molecule has 4 aromatic heterocycles. The van der Waals surface area contributed by atoms with Gasteiger partial charge in [-0.1, -0.05) is 40.3 Å². The minimum absolute atomic E-state index is 0.00951. The fraction of sp³-hybridized carbons (Fsp3) is 0.448. The van der Waals surface area contributed by atoms with Gasteiger partial charge in [-0.15, -0.1) is 0 Å². The number of nitrogens with one attached hydrogen (secondary N) is 2. The number of morpholine rings is 1. The number of rotatable bonds is 14. The van der Waals surface area contributed by atoms with E-state index in [1.807, 2.05) is 35.2 Å². The van der Waals surface area contributed by atoms with Gasteiger partial charge in [0.1, 0.15) is 18.3 Å². The maximum absolute atomic E-state index is 12.7. The minimum Gasteiger partial charge on any atom is -0.756 e. The normalized spacial score (nSPS) is 25.9. The average molecular weight is 889 g/mol. The number of fused-ring (bicyclic) bond motifs is 2. The van der Waals surface area contributed by atoms with Crippen molar-refractivity contribution in [1.29, 1.82) is 0 Å². The number of aromatic amines is 2. The van der Waals surface area contributed by atoms with Gasteiger partial charge < -0.3 is 54.9 Å². The molecule has 5 unspecified atom stereocenters. The molecule has 2 fully saturated rings. The van der Waals surface area contributed by atoms with E-state index in [9.17, 15) is 48.2 Å². The zero-order chi connectivity index (χ0) is 42.6. The zero-order valence-electron chi connectivity index (χ0n) is 30.8. The number of H-pyrrole nitrogens is 2. The van der Waals surface area contributed by atoms with Crippen LogP contribution in [0, 0.1) is 0 Å². The van der Waals surface area contributed by atoms with Gasteiger partial charge in [-0.05, 0) is 5.56 Å². The number of ether oxygens (including phenoxy) is 2. The summed E-state index contributed by atoms with van der Waals surface area (Å²) in [6.07, 6.45) is -5.91. The van der Waals surface area contributed by atoms with Crippen molar-refractivity contribution in [3.05, 3.63) is 69.3 Å².